The average Bonchev–Trinajstić information content (AvgIpc) is 3.10. The molecule has 1 heterocycles. The predicted molar refractivity (Wildman–Crippen MR) is 96.1 cm³/mol. The van der Waals surface area contributed by atoms with Crippen molar-refractivity contribution in [3.63, 3.8) is 0 Å². The zero-order valence-electron chi connectivity index (χ0n) is 12.8. The lowest BCUT2D eigenvalue weighted by Crippen LogP contribution is -2.41. The topological polar surface area (TPSA) is 58.2 Å². The van der Waals surface area contributed by atoms with E-state index in [0.29, 0.717) is 9.90 Å². The number of rotatable bonds is 3. The van der Waals surface area contributed by atoms with Crippen molar-refractivity contribution < 1.29 is 14.0 Å². The van der Waals surface area contributed by atoms with Crippen LogP contribution < -0.4 is 10.9 Å². The van der Waals surface area contributed by atoms with Crippen LogP contribution in [0.2, 0.25) is 5.02 Å². The number of nitrogens with one attached hydrogen (secondary N) is 2. The molecule has 0 spiro atoms. The van der Waals surface area contributed by atoms with Gasteiger partial charge in [0, 0.05) is 9.90 Å². The lowest BCUT2D eigenvalue weighted by atomic mass is 10.2. The van der Waals surface area contributed by atoms with Gasteiger partial charge in [-0.1, -0.05) is 35.9 Å². The molecule has 0 radical (unpaired) electrons. The number of carbonyl (C=O) groups is 2. The molecule has 0 aliphatic rings. The van der Waals surface area contributed by atoms with Crippen molar-refractivity contribution >= 4 is 34.8 Å². The zero-order valence-corrected chi connectivity index (χ0v) is 14.3. The Morgan fingerprint density at radius 1 is 0.880 bits per heavy atom. The van der Waals surface area contributed by atoms with Gasteiger partial charge < -0.3 is 0 Å². The number of carbonyl (C=O) groups excluding carboxylic acids is 2. The first-order valence-corrected chi connectivity index (χ1v) is 8.45. The molecule has 0 saturated heterocycles. The SMILES string of the molecule is O=C(NNC(=O)c1ccccc1F)c1ccc(-c2ccc(Cl)cc2)s1. The summed E-state index contributed by atoms with van der Waals surface area (Å²) in [4.78, 5) is 25.3. The Morgan fingerprint density at radius 3 is 2.28 bits per heavy atom. The number of hydrogen-bond acceptors (Lipinski definition) is 3. The van der Waals surface area contributed by atoms with Crippen LogP contribution in [0.3, 0.4) is 0 Å². The minimum Gasteiger partial charge on any atom is -0.267 e. The molecule has 3 aromatic rings. The van der Waals surface area contributed by atoms with Gasteiger partial charge in [-0.15, -0.1) is 11.3 Å². The molecule has 3 rings (SSSR count). The second-order valence-corrected chi connectivity index (χ2v) is 6.58. The molecule has 2 N–H and O–H groups in total. The molecule has 1 aromatic heterocycles. The van der Waals surface area contributed by atoms with Gasteiger partial charge in [-0.05, 0) is 42.0 Å². The van der Waals surface area contributed by atoms with Gasteiger partial charge in [-0.3, -0.25) is 20.4 Å². The van der Waals surface area contributed by atoms with E-state index in [1.54, 1.807) is 18.2 Å². The lowest BCUT2D eigenvalue weighted by Gasteiger charge is -2.06. The van der Waals surface area contributed by atoms with Crippen LogP contribution in [-0.4, -0.2) is 11.8 Å². The van der Waals surface area contributed by atoms with Gasteiger partial charge in [-0.2, -0.15) is 0 Å². The van der Waals surface area contributed by atoms with Crippen molar-refractivity contribution in [1.29, 1.82) is 0 Å². The summed E-state index contributed by atoms with van der Waals surface area (Å²) < 4.78 is 13.5. The molecular formula is C18H12ClFN2O2S. The van der Waals surface area contributed by atoms with Crippen LogP contribution in [0.5, 0.6) is 0 Å². The molecule has 126 valence electrons. The largest absolute Gasteiger partial charge is 0.279 e. The highest BCUT2D eigenvalue weighted by atomic mass is 35.5. The second kappa shape index (κ2) is 7.46. The Bertz CT molecular complexity index is 925. The highest BCUT2D eigenvalue weighted by Crippen LogP contribution is 2.28. The summed E-state index contributed by atoms with van der Waals surface area (Å²) in [6.07, 6.45) is 0. The lowest BCUT2D eigenvalue weighted by molar-refractivity contribution is 0.0846. The summed E-state index contributed by atoms with van der Waals surface area (Å²) in [7, 11) is 0. The molecule has 0 aliphatic heterocycles. The molecule has 0 fully saturated rings. The van der Waals surface area contributed by atoms with E-state index in [-0.39, 0.29) is 5.56 Å². The Labute approximate surface area is 152 Å². The number of amides is 2. The second-order valence-electron chi connectivity index (χ2n) is 5.06. The summed E-state index contributed by atoms with van der Waals surface area (Å²) in [5.74, 6) is -1.86. The van der Waals surface area contributed by atoms with Crippen molar-refractivity contribution in [2.24, 2.45) is 0 Å². The summed E-state index contributed by atoms with van der Waals surface area (Å²) >= 11 is 7.13. The predicted octanol–water partition coefficient (Wildman–Crippen LogP) is 4.28. The van der Waals surface area contributed by atoms with E-state index < -0.39 is 17.6 Å². The van der Waals surface area contributed by atoms with E-state index in [1.807, 2.05) is 18.2 Å². The third-order valence-electron chi connectivity index (χ3n) is 3.37. The van der Waals surface area contributed by atoms with Crippen molar-refractivity contribution in [3.8, 4) is 10.4 Å². The van der Waals surface area contributed by atoms with Crippen LogP contribution in [0.15, 0.2) is 60.7 Å². The van der Waals surface area contributed by atoms with Crippen molar-refractivity contribution in [1.82, 2.24) is 10.9 Å². The maximum absolute atomic E-state index is 13.5. The normalized spacial score (nSPS) is 10.3. The van der Waals surface area contributed by atoms with Crippen molar-refractivity contribution in [2.75, 3.05) is 0 Å². The Kier molecular flexibility index (Phi) is 5.11. The van der Waals surface area contributed by atoms with Gasteiger partial charge in [0.2, 0.25) is 0 Å². The van der Waals surface area contributed by atoms with Crippen LogP contribution in [0.4, 0.5) is 4.39 Å². The zero-order chi connectivity index (χ0) is 17.8. The summed E-state index contributed by atoms with van der Waals surface area (Å²) in [6.45, 7) is 0. The maximum atomic E-state index is 13.5. The highest BCUT2D eigenvalue weighted by molar-refractivity contribution is 7.17. The Balaban J connectivity index is 1.65. The average molecular weight is 375 g/mol. The van der Waals surface area contributed by atoms with E-state index in [1.165, 1.54) is 35.6 Å². The smallest absolute Gasteiger partial charge is 0.267 e. The number of benzene rings is 2. The van der Waals surface area contributed by atoms with E-state index in [0.717, 1.165) is 10.4 Å². The van der Waals surface area contributed by atoms with Crippen LogP contribution in [0, 0.1) is 5.82 Å². The molecule has 0 bridgehead atoms. The Hall–Kier alpha value is -2.70. The van der Waals surface area contributed by atoms with Gasteiger partial charge in [0.25, 0.3) is 11.8 Å². The van der Waals surface area contributed by atoms with E-state index in [2.05, 4.69) is 10.9 Å². The first-order chi connectivity index (χ1) is 12.0. The van der Waals surface area contributed by atoms with E-state index >= 15 is 0 Å². The van der Waals surface area contributed by atoms with Gasteiger partial charge >= 0.3 is 0 Å². The minimum atomic E-state index is -0.721. The van der Waals surface area contributed by atoms with E-state index in [9.17, 15) is 14.0 Å². The minimum absolute atomic E-state index is 0.143. The van der Waals surface area contributed by atoms with Gasteiger partial charge in [0.05, 0.1) is 10.4 Å². The van der Waals surface area contributed by atoms with Crippen LogP contribution in [0.25, 0.3) is 10.4 Å². The van der Waals surface area contributed by atoms with Gasteiger partial charge in [0.1, 0.15) is 5.82 Å². The van der Waals surface area contributed by atoms with E-state index in [4.69, 9.17) is 11.6 Å². The number of thiophene rings is 1. The van der Waals surface area contributed by atoms with Crippen LogP contribution >= 0.6 is 22.9 Å². The summed E-state index contributed by atoms with van der Waals surface area (Å²) in [6, 6.07) is 16.2. The Morgan fingerprint density at radius 2 is 1.56 bits per heavy atom. The fourth-order valence-corrected chi connectivity index (χ4v) is 3.15. The molecule has 0 atom stereocenters. The first-order valence-electron chi connectivity index (χ1n) is 7.25. The molecular weight excluding hydrogens is 363 g/mol. The molecule has 25 heavy (non-hydrogen) atoms. The number of halogens is 2. The molecule has 4 nitrogen and oxygen atoms in total. The molecule has 2 aromatic carbocycles. The van der Waals surface area contributed by atoms with Crippen molar-refractivity contribution in [2.45, 2.75) is 0 Å². The van der Waals surface area contributed by atoms with Gasteiger partial charge in [-0.25, -0.2) is 4.39 Å². The number of hydrazine groups is 1. The highest BCUT2D eigenvalue weighted by Gasteiger charge is 2.14. The van der Waals surface area contributed by atoms with Crippen LogP contribution in [-0.2, 0) is 0 Å². The summed E-state index contributed by atoms with van der Waals surface area (Å²) in [5.41, 5.74) is 5.28. The molecule has 0 aliphatic carbocycles. The van der Waals surface area contributed by atoms with Crippen LogP contribution in [0.1, 0.15) is 20.0 Å². The van der Waals surface area contributed by atoms with Gasteiger partial charge in [0.15, 0.2) is 0 Å². The first kappa shape index (κ1) is 17.1. The molecule has 0 unspecified atom stereocenters. The number of hydrogen-bond donors (Lipinski definition) is 2. The molecule has 2 amide bonds. The molecule has 7 heteroatoms. The third kappa shape index (κ3) is 4.04. The summed E-state index contributed by atoms with van der Waals surface area (Å²) in [5, 5.41) is 0.633. The third-order valence-corrected chi connectivity index (χ3v) is 4.75. The monoisotopic (exact) mass is 374 g/mol. The fraction of sp³-hybridized carbons (Fsp3) is 0. The molecule has 0 saturated carbocycles. The fourth-order valence-electron chi connectivity index (χ4n) is 2.12. The quantitative estimate of drug-likeness (QED) is 0.672. The maximum Gasteiger partial charge on any atom is 0.279 e. The van der Waals surface area contributed by atoms with Crippen molar-refractivity contribution in [3.05, 3.63) is 81.9 Å². The standard InChI is InChI=1S/C18H12ClFN2O2S/c19-12-7-5-11(6-8-12)15-9-10-16(25-15)18(24)22-21-17(23)13-3-1-2-4-14(13)20/h1-10H,(H,21,23)(H,22,24).